The van der Waals surface area contributed by atoms with Gasteiger partial charge in [-0.25, -0.2) is 0 Å². The molecule has 1 amide bonds. The van der Waals surface area contributed by atoms with Crippen molar-refractivity contribution in [3.63, 3.8) is 0 Å². The maximum absolute atomic E-state index is 13.1. The molecule has 0 radical (unpaired) electrons. The Balaban J connectivity index is 1.71. The van der Waals surface area contributed by atoms with Gasteiger partial charge in [0.1, 0.15) is 0 Å². The van der Waals surface area contributed by atoms with Gasteiger partial charge in [-0.2, -0.15) is 5.26 Å². The average Bonchev–Trinajstić information content (AvgIpc) is 2.68. The van der Waals surface area contributed by atoms with Gasteiger partial charge in [0.2, 0.25) is 5.91 Å². The van der Waals surface area contributed by atoms with Crippen molar-refractivity contribution in [2.75, 3.05) is 17.4 Å². The SMILES string of the molecule is Cc1cc(C)c(N2CSC3=C(C#N)[C@H](c4ccccc4Cl)CC(=O)N3C2)c(C)c1. The first-order valence-electron chi connectivity index (χ1n) is 9.55. The number of anilines is 1. The zero-order chi connectivity index (χ0) is 20.7. The van der Waals surface area contributed by atoms with Crippen molar-refractivity contribution in [3.05, 3.63) is 74.3 Å². The molecule has 2 aliphatic heterocycles. The Kier molecular flexibility index (Phi) is 5.33. The predicted octanol–water partition coefficient (Wildman–Crippen LogP) is 5.48. The number of thioether (sulfide) groups is 1. The van der Waals surface area contributed by atoms with E-state index in [0.717, 1.165) is 10.6 Å². The van der Waals surface area contributed by atoms with Crippen molar-refractivity contribution < 1.29 is 4.79 Å². The number of allylic oxidation sites excluding steroid dienone is 1. The highest BCUT2D eigenvalue weighted by atomic mass is 35.5. The van der Waals surface area contributed by atoms with E-state index in [1.807, 2.05) is 24.3 Å². The highest BCUT2D eigenvalue weighted by Crippen LogP contribution is 2.45. The van der Waals surface area contributed by atoms with Crippen LogP contribution in [0.4, 0.5) is 5.69 Å². The Labute approximate surface area is 180 Å². The van der Waals surface area contributed by atoms with Gasteiger partial charge >= 0.3 is 0 Å². The molecule has 1 saturated heterocycles. The molecular weight excluding hydrogens is 402 g/mol. The van der Waals surface area contributed by atoms with Crippen LogP contribution in [0.3, 0.4) is 0 Å². The van der Waals surface area contributed by atoms with E-state index in [4.69, 9.17) is 11.6 Å². The second kappa shape index (κ2) is 7.78. The minimum Gasteiger partial charge on any atom is -0.343 e. The third-order valence-corrected chi connectivity index (χ3v) is 7.02. The zero-order valence-electron chi connectivity index (χ0n) is 16.7. The topological polar surface area (TPSA) is 47.3 Å². The van der Waals surface area contributed by atoms with E-state index in [9.17, 15) is 10.1 Å². The van der Waals surface area contributed by atoms with Gasteiger partial charge in [-0.05, 0) is 43.5 Å². The molecule has 0 saturated carbocycles. The Morgan fingerprint density at radius 2 is 1.86 bits per heavy atom. The molecule has 29 heavy (non-hydrogen) atoms. The number of rotatable bonds is 2. The molecule has 0 bridgehead atoms. The average molecular weight is 424 g/mol. The van der Waals surface area contributed by atoms with Crippen LogP contribution in [-0.4, -0.2) is 23.4 Å². The molecule has 4 nitrogen and oxygen atoms in total. The van der Waals surface area contributed by atoms with Crippen LogP contribution in [0.5, 0.6) is 0 Å². The largest absolute Gasteiger partial charge is 0.343 e. The Morgan fingerprint density at radius 3 is 2.52 bits per heavy atom. The fourth-order valence-electron chi connectivity index (χ4n) is 4.40. The lowest BCUT2D eigenvalue weighted by Crippen LogP contribution is -2.47. The minimum absolute atomic E-state index is 0.0311. The van der Waals surface area contributed by atoms with Gasteiger partial charge in [-0.1, -0.05) is 59.3 Å². The van der Waals surface area contributed by atoms with E-state index in [2.05, 4.69) is 43.9 Å². The molecule has 0 aliphatic carbocycles. The van der Waals surface area contributed by atoms with Crippen LogP contribution in [0.15, 0.2) is 47.0 Å². The number of carbonyl (C=O) groups excluding carboxylic acids is 1. The van der Waals surface area contributed by atoms with Gasteiger partial charge in [-0.3, -0.25) is 9.69 Å². The number of halogens is 1. The summed E-state index contributed by atoms with van der Waals surface area (Å²) < 4.78 is 0. The van der Waals surface area contributed by atoms with E-state index in [1.54, 1.807) is 16.7 Å². The maximum atomic E-state index is 13.1. The lowest BCUT2D eigenvalue weighted by Gasteiger charge is -2.43. The van der Waals surface area contributed by atoms with Crippen LogP contribution in [-0.2, 0) is 4.79 Å². The summed E-state index contributed by atoms with van der Waals surface area (Å²) in [6.07, 6.45) is 0.260. The second-order valence-corrected chi connectivity index (χ2v) is 8.97. The Hall–Kier alpha value is -2.42. The van der Waals surface area contributed by atoms with Crippen LogP contribution in [0, 0.1) is 32.1 Å². The monoisotopic (exact) mass is 423 g/mol. The van der Waals surface area contributed by atoms with Gasteiger partial charge in [0.25, 0.3) is 0 Å². The van der Waals surface area contributed by atoms with Gasteiger partial charge < -0.3 is 4.90 Å². The van der Waals surface area contributed by atoms with Crippen LogP contribution >= 0.6 is 23.4 Å². The minimum atomic E-state index is -0.283. The summed E-state index contributed by atoms with van der Waals surface area (Å²) in [5.74, 6) is 0.447. The van der Waals surface area contributed by atoms with Gasteiger partial charge in [-0.15, -0.1) is 0 Å². The van der Waals surface area contributed by atoms with Gasteiger partial charge in [0.15, 0.2) is 0 Å². The summed E-state index contributed by atoms with van der Waals surface area (Å²) in [6, 6.07) is 14.2. The molecule has 4 rings (SSSR count). The first kappa shape index (κ1) is 19.9. The first-order valence-corrected chi connectivity index (χ1v) is 10.9. The van der Waals surface area contributed by atoms with Crippen LogP contribution < -0.4 is 4.90 Å². The lowest BCUT2D eigenvalue weighted by molar-refractivity contribution is -0.129. The number of hydrogen-bond donors (Lipinski definition) is 0. The third kappa shape index (κ3) is 3.52. The number of nitriles is 1. The molecule has 2 aromatic carbocycles. The number of benzene rings is 2. The zero-order valence-corrected chi connectivity index (χ0v) is 18.3. The van der Waals surface area contributed by atoms with Crippen molar-refractivity contribution in [2.45, 2.75) is 33.1 Å². The van der Waals surface area contributed by atoms with Gasteiger partial charge in [0.05, 0.1) is 29.2 Å². The van der Waals surface area contributed by atoms with E-state index < -0.39 is 0 Å². The summed E-state index contributed by atoms with van der Waals surface area (Å²) in [5, 5.41) is 11.3. The number of nitrogens with zero attached hydrogens (tertiary/aromatic N) is 3. The highest BCUT2D eigenvalue weighted by Gasteiger charge is 2.39. The molecule has 1 fully saturated rings. The fourth-order valence-corrected chi connectivity index (χ4v) is 5.81. The standard InChI is InChI=1S/C23H22ClN3OS/c1-14-8-15(2)22(16(3)9-14)26-12-27-21(28)10-18(17-6-4-5-7-20(17)24)19(11-25)23(27)29-13-26/h4-9,18H,10,12-13H2,1-3H3/t18-/m0/s1. The van der Waals surface area contributed by atoms with Crippen LogP contribution in [0.25, 0.3) is 0 Å². The summed E-state index contributed by atoms with van der Waals surface area (Å²) in [7, 11) is 0. The normalized spacial score (nSPS) is 19.3. The molecule has 6 heteroatoms. The molecule has 0 N–H and O–H groups in total. The Morgan fingerprint density at radius 1 is 1.17 bits per heavy atom. The summed E-state index contributed by atoms with van der Waals surface area (Å²) in [6.45, 7) is 6.78. The van der Waals surface area contributed by atoms with Crippen molar-refractivity contribution in [2.24, 2.45) is 0 Å². The Bertz CT molecular complexity index is 1050. The van der Waals surface area contributed by atoms with Crippen molar-refractivity contribution in [1.82, 2.24) is 4.90 Å². The van der Waals surface area contributed by atoms with Crippen molar-refractivity contribution >= 4 is 35.0 Å². The van der Waals surface area contributed by atoms with E-state index in [1.165, 1.54) is 22.4 Å². The number of aryl methyl sites for hydroxylation is 3. The highest BCUT2D eigenvalue weighted by molar-refractivity contribution is 8.03. The van der Waals surface area contributed by atoms with Crippen LogP contribution in [0.2, 0.25) is 5.02 Å². The van der Waals surface area contributed by atoms with Crippen molar-refractivity contribution in [3.8, 4) is 6.07 Å². The molecule has 148 valence electrons. The molecule has 1 atom stereocenters. The molecule has 2 aromatic rings. The quantitative estimate of drug-likeness (QED) is 0.641. The summed E-state index contributed by atoms with van der Waals surface area (Å²) in [4.78, 5) is 17.1. The van der Waals surface area contributed by atoms with Crippen LogP contribution in [0.1, 0.15) is 34.6 Å². The van der Waals surface area contributed by atoms with E-state index in [0.29, 0.717) is 23.1 Å². The number of hydrogen-bond acceptors (Lipinski definition) is 4. The third-order valence-electron chi connectivity index (χ3n) is 5.53. The van der Waals surface area contributed by atoms with Gasteiger partial charge in [0, 0.05) is 23.0 Å². The second-order valence-electron chi connectivity index (χ2n) is 7.63. The van der Waals surface area contributed by atoms with Crippen molar-refractivity contribution in [1.29, 1.82) is 5.26 Å². The first-order chi connectivity index (χ1) is 13.9. The number of fused-ring (bicyclic) bond motifs is 1. The van der Waals surface area contributed by atoms with E-state index >= 15 is 0 Å². The molecule has 0 aromatic heterocycles. The predicted molar refractivity (Wildman–Crippen MR) is 119 cm³/mol. The molecule has 2 heterocycles. The number of amides is 1. The lowest BCUT2D eigenvalue weighted by atomic mass is 9.86. The number of carbonyl (C=O) groups is 1. The van der Waals surface area contributed by atoms with E-state index in [-0.39, 0.29) is 18.2 Å². The summed E-state index contributed by atoms with van der Waals surface area (Å²) >= 11 is 7.94. The molecule has 0 spiro atoms. The molecule has 2 aliphatic rings. The molecular formula is C23H22ClN3OS. The maximum Gasteiger partial charge on any atom is 0.229 e. The molecule has 0 unspecified atom stereocenters. The fraction of sp³-hybridized carbons (Fsp3) is 0.304. The summed E-state index contributed by atoms with van der Waals surface area (Å²) in [5.41, 5.74) is 6.29. The smallest absolute Gasteiger partial charge is 0.229 e.